The van der Waals surface area contributed by atoms with Gasteiger partial charge < -0.3 is 5.32 Å². The number of nitrogens with zero attached hydrogens (tertiary/aromatic N) is 2. The highest BCUT2D eigenvalue weighted by Crippen LogP contribution is 2.34. The van der Waals surface area contributed by atoms with Crippen LogP contribution in [-0.4, -0.2) is 16.6 Å². The number of anilines is 1. The third kappa shape index (κ3) is 3.43. The highest BCUT2D eigenvalue weighted by atomic mass is 35.5. The summed E-state index contributed by atoms with van der Waals surface area (Å²) >= 11 is 6.21. The first-order valence-corrected chi connectivity index (χ1v) is 9.51. The van der Waals surface area contributed by atoms with Crippen LogP contribution in [0.3, 0.4) is 0 Å². The van der Waals surface area contributed by atoms with E-state index in [9.17, 15) is 4.79 Å². The Kier molecular flexibility index (Phi) is 4.73. The van der Waals surface area contributed by atoms with Gasteiger partial charge in [0.2, 0.25) is 5.91 Å². The lowest BCUT2D eigenvalue weighted by molar-refractivity contribution is -0.115. The Balaban J connectivity index is 1.82. The lowest BCUT2D eigenvalue weighted by Crippen LogP contribution is -2.15. The minimum Gasteiger partial charge on any atom is -0.324 e. The molecule has 4 rings (SSSR count). The largest absolute Gasteiger partial charge is 0.324 e. The minimum atomic E-state index is -0.0984. The zero-order chi connectivity index (χ0) is 19.8. The SMILES string of the molecule is Cc1cc2c(cc1Cl)NC(=O)CC(c1cccc(-c3ccnc(C)c3C)c1)=N2. The topological polar surface area (TPSA) is 54.4 Å². The van der Waals surface area contributed by atoms with Crippen molar-refractivity contribution >= 4 is 34.6 Å². The monoisotopic (exact) mass is 389 g/mol. The van der Waals surface area contributed by atoms with E-state index >= 15 is 0 Å². The van der Waals surface area contributed by atoms with E-state index in [0.29, 0.717) is 10.7 Å². The molecule has 1 amide bonds. The summed E-state index contributed by atoms with van der Waals surface area (Å²) in [4.78, 5) is 21.6. The number of aryl methyl sites for hydroxylation is 2. The van der Waals surface area contributed by atoms with Gasteiger partial charge >= 0.3 is 0 Å². The second-order valence-corrected chi connectivity index (χ2v) is 7.46. The van der Waals surface area contributed by atoms with Crippen molar-refractivity contribution in [1.82, 2.24) is 4.98 Å². The van der Waals surface area contributed by atoms with Crippen molar-refractivity contribution in [2.45, 2.75) is 27.2 Å². The standard InChI is InChI=1S/C23H20ClN3O/c1-13-9-21-22(11-19(13)24)27-23(28)12-20(26-21)17-6-4-5-16(10-17)18-7-8-25-15(3)14(18)2/h4-11H,12H2,1-3H3,(H,27,28). The summed E-state index contributed by atoms with van der Waals surface area (Å²) in [6.45, 7) is 6.01. The van der Waals surface area contributed by atoms with E-state index in [1.807, 2.05) is 44.3 Å². The number of carbonyl (C=O) groups is 1. The van der Waals surface area contributed by atoms with Crippen molar-refractivity contribution in [3.63, 3.8) is 0 Å². The van der Waals surface area contributed by atoms with Crippen molar-refractivity contribution in [1.29, 1.82) is 0 Å². The van der Waals surface area contributed by atoms with Crippen molar-refractivity contribution in [2.75, 3.05) is 5.32 Å². The molecule has 1 aliphatic heterocycles. The molecule has 3 aromatic rings. The van der Waals surface area contributed by atoms with Crippen molar-refractivity contribution < 1.29 is 4.79 Å². The highest BCUT2D eigenvalue weighted by molar-refractivity contribution is 6.32. The molecule has 0 bridgehead atoms. The first kappa shape index (κ1) is 18.4. The first-order chi connectivity index (χ1) is 13.4. The van der Waals surface area contributed by atoms with E-state index < -0.39 is 0 Å². The Morgan fingerprint density at radius 3 is 2.64 bits per heavy atom. The van der Waals surface area contributed by atoms with Crippen LogP contribution in [0, 0.1) is 20.8 Å². The lowest BCUT2D eigenvalue weighted by Gasteiger charge is -2.10. The molecule has 4 nitrogen and oxygen atoms in total. The van der Waals surface area contributed by atoms with Gasteiger partial charge in [0.05, 0.1) is 23.5 Å². The molecule has 0 fully saturated rings. The number of amides is 1. The number of aromatic nitrogens is 1. The van der Waals surface area contributed by atoms with Crippen LogP contribution >= 0.6 is 11.6 Å². The molecule has 140 valence electrons. The van der Waals surface area contributed by atoms with Gasteiger partial charge in [-0.25, -0.2) is 0 Å². The van der Waals surface area contributed by atoms with Crippen LogP contribution in [0.1, 0.15) is 28.8 Å². The van der Waals surface area contributed by atoms with Crippen LogP contribution in [0.25, 0.3) is 11.1 Å². The van der Waals surface area contributed by atoms with Gasteiger partial charge in [-0.15, -0.1) is 0 Å². The summed E-state index contributed by atoms with van der Waals surface area (Å²) in [5, 5.41) is 3.52. The van der Waals surface area contributed by atoms with Gasteiger partial charge in [0.1, 0.15) is 0 Å². The molecule has 1 aromatic heterocycles. The van der Waals surface area contributed by atoms with Gasteiger partial charge in [-0.3, -0.25) is 14.8 Å². The third-order valence-electron chi connectivity index (χ3n) is 5.10. The molecule has 1 N–H and O–H groups in total. The molecule has 2 heterocycles. The average molecular weight is 390 g/mol. The maximum absolute atomic E-state index is 12.4. The number of hydrogen-bond acceptors (Lipinski definition) is 3. The van der Waals surface area contributed by atoms with Crippen LogP contribution in [0.2, 0.25) is 5.02 Å². The highest BCUT2D eigenvalue weighted by Gasteiger charge is 2.19. The van der Waals surface area contributed by atoms with E-state index in [0.717, 1.165) is 44.9 Å². The molecule has 2 aromatic carbocycles. The Hall–Kier alpha value is -2.98. The first-order valence-electron chi connectivity index (χ1n) is 9.13. The molecule has 5 heteroatoms. The Bertz CT molecular complexity index is 1130. The molecule has 0 aliphatic carbocycles. The van der Waals surface area contributed by atoms with E-state index in [1.165, 1.54) is 0 Å². The molecule has 0 saturated carbocycles. The number of pyridine rings is 1. The van der Waals surface area contributed by atoms with Crippen molar-refractivity contribution in [2.24, 2.45) is 4.99 Å². The van der Waals surface area contributed by atoms with Gasteiger partial charge in [-0.1, -0.05) is 29.8 Å². The van der Waals surface area contributed by atoms with E-state index in [4.69, 9.17) is 16.6 Å². The number of benzene rings is 2. The fraction of sp³-hybridized carbons (Fsp3) is 0.174. The number of hydrogen-bond donors (Lipinski definition) is 1. The fourth-order valence-electron chi connectivity index (χ4n) is 3.38. The predicted octanol–water partition coefficient (Wildman–Crippen LogP) is 5.79. The summed E-state index contributed by atoms with van der Waals surface area (Å²) < 4.78 is 0. The molecule has 28 heavy (non-hydrogen) atoms. The van der Waals surface area contributed by atoms with E-state index in [1.54, 1.807) is 6.07 Å². The van der Waals surface area contributed by atoms with Gasteiger partial charge in [-0.2, -0.15) is 0 Å². The normalized spacial score (nSPS) is 13.4. The minimum absolute atomic E-state index is 0.0984. The van der Waals surface area contributed by atoms with Gasteiger partial charge in [-0.05, 0) is 72.9 Å². The molecule has 0 radical (unpaired) electrons. The quantitative estimate of drug-likeness (QED) is 0.603. The maximum atomic E-state index is 12.4. The summed E-state index contributed by atoms with van der Waals surface area (Å²) in [6.07, 6.45) is 2.03. The van der Waals surface area contributed by atoms with Crippen molar-refractivity contribution in [3.8, 4) is 11.1 Å². The predicted molar refractivity (Wildman–Crippen MR) is 115 cm³/mol. The van der Waals surface area contributed by atoms with Gasteiger partial charge in [0.15, 0.2) is 0 Å². The lowest BCUT2D eigenvalue weighted by atomic mass is 9.96. The average Bonchev–Trinajstić information content (AvgIpc) is 2.82. The fourth-order valence-corrected chi connectivity index (χ4v) is 3.54. The zero-order valence-corrected chi connectivity index (χ0v) is 16.8. The number of fused-ring (bicyclic) bond motifs is 1. The number of carbonyl (C=O) groups excluding carboxylic acids is 1. The van der Waals surface area contributed by atoms with E-state index in [2.05, 4.69) is 29.4 Å². The Labute approximate surface area is 169 Å². The van der Waals surface area contributed by atoms with Crippen LogP contribution in [-0.2, 0) is 4.79 Å². The van der Waals surface area contributed by atoms with Gasteiger partial charge in [0, 0.05) is 16.9 Å². The molecular formula is C23H20ClN3O. The Morgan fingerprint density at radius 2 is 1.82 bits per heavy atom. The zero-order valence-electron chi connectivity index (χ0n) is 16.0. The molecule has 1 aliphatic rings. The number of aliphatic imine (C=N–C) groups is 1. The summed E-state index contributed by atoms with van der Waals surface area (Å²) in [7, 11) is 0. The van der Waals surface area contributed by atoms with Crippen molar-refractivity contribution in [3.05, 3.63) is 76.1 Å². The summed E-state index contributed by atoms with van der Waals surface area (Å²) in [5.74, 6) is -0.0984. The second-order valence-electron chi connectivity index (χ2n) is 7.05. The van der Waals surface area contributed by atoms with Crippen LogP contribution in [0.15, 0.2) is 53.7 Å². The summed E-state index contributed by atoms with van der Waals surface area (Å²) in [6, 6.07) is 13.8. The summed E-state index contributed by atoms with van der Waals surface area (Å²) in [5.41, 5.74) is 8.35. The number of nitrogens with one attached hydrogen (secondary N) is 1. The Morgan fingerprint density at radius 1 is 1.04 bits per heavy atom. The number of rotatable bonds is 2. The molecule has 0 spiro atoms. The van der Waals surface area contributed by atoms with Gasteiger partial charge in [0.25, 0.3) is 0 Å². The second kappa shape index (κ2) is 7.21. The number of halogens is 1. The van der Waals surface area contributed by atoms with Crippen LogP contribution in [0.4, 0.5) is 11.4 Å². The smallest absolute Gasteiger partial charge is 0.230 e. The third-order valence-corrected chi connectivity index (χ3v) is 5.50. The maximum Gasteiger partial charge on any atom is 0.230 e. The van der Waals surface area contributed by atoms with Crippen LogP contribution in [0.5, 0.6) is 0 Å². The van der Waals surface area contributed by atoms with Crippen LogP contribution < -0.4 is 5.32 Å². The molecule has 0 atom stereocenters. The molecular weight excluding hydrogens is 370 g/mol. The molecule has 0 unspecified atom stereocenters. The molecule has 0 saturated heterocycles. The van der Waals surface area contributed by atoms with E-state index in [-0.39, 0.29) is 12.3 Å².